The van der Waals surface area contributed by atoms with Gasteiger partial charge in [-0.2, -0.15) is 0 Å². The second-order valence-corrected chi connectivity index (χ2v) is 7.41. The third-order valence-electron chi connectivity index (χ3n) is 4.44. The molecule has 0 spiro atoms. The Morgan fingerprint density at radius 3 is 2.70 bits per heavy atom. The maximum absolute atomic E-state index is 5.82. The minimum Gasteiger partial charge on any atom is -0.492 e. The number of hydrogen-bond donors (Lipinski definition) is 1. The molecule has 0 heterocycles. The minimum atomic E-state index is 0.625. The van der Waals surface area contributed by atoms with Gasteiger partial charge in [0.2, 0.25) is 0 Å². The van der Waals surface area contributed by atoms with Crippen molar-refractivity contribution in [3.05, 3.63) is 29.8 Å². The van der Waals surface area contributed by atoms with E-state index >= 15 is 0 Å². The molecule has 152 valence electrons. The van der Waals surface area contributed by atoms with Crippen LogP contribution in [0.1, 0.15) is 25.3 Å². The maximum atomic E-state index is 5.82. The van der Waals surface area contributed by atoms with Crippen LogP contribution in [0.15, 0.2) is 29.3 Å². The molecule has 1 fully saturated rings. The van der Waals surface area contributed by atoms with E-state index in [0.717, 1.165) is 56.0 Å². The number of aliphatic imine (C=N–C) groups is 1. The second kappa shape index (κ2) is 11.8. The average molecular weight is 377 g/mol. The van der Waals surface area contributed by atoms with Crippen LogP contribution >= 0.6 is 0 Å². The molecule has 1 aliphatic carbocycles. The van der Waals surface area contributed by atoms with Gasteiger partial charge in [0, 0.05) is 33.3 Å². The maximum Gasteiger partial charge on any atom is 0.194 e. The van der Waals surface area contributed by atoms with E-state index in [1.807, 2.05) is 26.2 Å². The van der Waals surface area contributed by atoms with E-state index in [-0.39, 0.29) is 0 Å². The Bertz CT molecular complexity index is 573. The van der Waals surface area contributed by atoms with Crippen molar-refractivity contribution in [2.24, 2.45) is 10.9 Å². The summed E-state index contributed by atoms with van der Waals surface area (Å²) in [5, 5.41) is 3.36. The molecule has 2 rings (SSSR count). The van der Waals surface area contributed by atoms with Crippen LogP contribution in [-0.4, -0.2) is 76.4 Å². The minimum absolute atomic E-state index is 0.625. The molecule has 6 heteroatoms. The van der Waals surface area contributed by atoms with Crippen molar-refractivity contribution in [1.82, 2.24) is 15.1 Å². The number of benzene rings is 1. The fourth-order valence-corrected chi connectivity index (χ4v) is 2.56. The number of ether oxygens (including phenoxy) is 2. The van der Waals surface area contributed by atoms with Gasteiger partial charge in [0.15, 0.2) is 5.96 Å². The summed E-state index contributed by atoms with van der Waals surface area (Å²) in [4.78, 5) is 9.02. The highest BCUT2D eigenvalue weighted by Gasteiger charge is 2.21. The average Bonchev–Trinajstić information content (AvgIpc) is 3.46. The standard InChI is InChI=1S/C21H36N4O2/c1-5-22-21(25(4)12-13-26-17-18-9-10-18)23-16-19-7-6-8-20(15-19)27-14-11-24(2)3/h6-8,15,18H,5,9-14,16-17H2,1-4H3,(H,22,23). The van der Waals surface area contributed by atoms with Crippen LogP contribution in [0.4, 0.5) is 0 Å². The molecule has 0 unspecified atom stereocenters. The van der Waals surface area contributed by atoms with Gasteiger partial charge in [-0.05, 0) is 57.5 Å². The third-order valence-corrected chi connectivity index (χ3v) is 4.44. The van der Waals surface area contributed by atoms with Gasteiger partial charge in [-0.25, -0.2) is 4.99 Å². The van der Waals surface area contributed by atoms with Gasteiger partial charge in [-0.1, -0.05) is 12.1 Å². The van der Waals surface area contributed by atoms with Crippen molar-refractivity contribution >= 4 is 5.96 Å². The zero-order valence-electron chi connectivity index (χ0n) is 17.4. The molecule has 0 bridgehead atoms. The third kappa shape index (κ3) is 9.11. The molecule has 1 aromatic rings. The quantitative estimate of drug-likeness (QED) is 0.345. The number of likely N-dealkylation sites (N-methyl/N-ethyl adjacent to an activating group) is 2. The van der Waals surface area contributed by atoms with Crippen molar-refractivity contribution < 1.29 is 9.47 Å². The van der Waals surface area contributed by atoms with Crippen LogP contribution in [0.3, 0.4) is 0 Å². The van der Waals surface area contributed by atoms with Crippen LogP contribution in [-0.2, 0) is 11.3 Å². The molecule has 0 radical (unpaired) electrons. The highest BCUT2D eigenvalue weighted by molar-refractivity contribution is 5.79. The first-order chi connectivity index (χ1) is 13.1. The van der Waals surface area contributed by atoms with Gasteiger partial charge in [0.25, 0.3) is 0 Å². The topological polar surface area (TPSA) is 49.3 Å². The molecule has 0 aromatic heterocycles. The van der Waals surface area contributed by atoms with Gasteiger partial charge in [-0.15, -0.1) is 0 Å². The molecule has 1 N–H and O–H groups in total. The van der Waals surface area contributed by atoms with E-state index in [4.69, 9.17) is 14.5 Å². The Morgan fingerprint density at radius 2 is 2.00 bits per heavy atom. The zero-order chi connectivity index (χ0) is 19.5. The molecule has 0 saturated heterocycles. The smallest absolute Gasteiger partial charge is 0.194 e. The van der Waals surface area contributed by atoms with E-state index in [0.29, 0.717) is 13.2 Å². The van der Waals surface area contributed by atoms with E-state index in [2.05, 4.69) is 41.2 Å². The van der Waals surface area contributed by atoms with Crippen molar-refractivity contribution in [1.29, 1.82) is 0 Å². The lowest BCUT2D eigenvalue weighted by atomic mass is 10.2. The highest BCUT2D eigenvalue weighted by atomic mass is 16.5. The zero-order valence-corrected chi connectivity index (χ0v) is 17.4. The number of nitrogens with one attached hydrogen (secondary N) is 1. The normalized spacial score (nSPS) is 14.5. The molecule has 0 atom stereocenters. The number of guanidine groups is 1. The Labute approximate surface area is 164 Å². The summed E-state index contributed by atoms with van der Waals surface area (Å²) in [5.74, 6) is 2.62. The van der Waals surface area contributed by atoms with E-state index in [1.54, 1.807) is 0 Å². The fraction of sp³-hybridized carbons (Fsp3) is 0.667. The van der Waals surface area contributed by atoms with Gasteiger partial charge >= 0.3 is 0 Å². The lowest BCUT2D eigenvalue weighted by Gasteiger charge is -2.22. The van der Waals surface area contributed by atoms with E-state index < -0.39 is 0 Å². The monoisotopic (exact) mass is 376 g/mol. The molecule has 0 amide bonds. The summed E-state index contributed by atoms with van der Waals surface area (Å²) in [6.07, 6.45) is 2.66. The first-order valence-electron chi connectivity index (χ1n) is 10.0. The molecule has 0 aliphatic heterocycles. The molecule has 1 aromatic carbocycles. The summed E-state index contributed by atoms with van der Waals surface area (Å²) in [5.41, 5.74) is 1.14. The first-order valence-corrected chi connectivity index (χ1v) is 10.0. The second-order valence-electron chi connectivity index (χ2n) is 7.41. The van der Waals surface area contributed by atoms with Gasteiger partial charge < -0.3 is 24.6 Å². The summed E-state index contributed by atoms with van der Waals surface area (Å²) < 4.78 is 11.6. The Balaban J connectivity index is 1.82. The van der Waals surface area contributed by atoms with Gasteiger partial charge in [0.1, 0.15) is 12.4 Å². The van der Waals surface area contributed by atoms with E-state index in [9.17, 15) is 0 Å². The molecule has 1 saturated carbocycles. The number of hydrogen-bond acceptors (Lipinski definition) is 4. The van der Waals surface area contributed by atoms with E-state index in [1.165, 1.54) is 12.8 Å². The lowest BCUT2D eigenvalue weighted by molar-refractivity contribution is 0.115. The number of nitrogens with zero attached hydrogens (tertiary/aromatic N) is 3. The van der Waals surface area contributed by atoms with Crippen LogP contribution in [0.25, 0.3) is 0 Å². The summed E-state index contributed by atoms with van der Waals surface area (Å²) in [6, 6.07) is 8.18. The predicted octanol–water partition coefficient (Wildman–Crippen LogP) is 2.45. The molecule has 1 aliphatic rings. The van der Waals surface area contributed by atoms with Crippen molar-refractivity contribution in [2.75, 3.05) is 60.6 Å². The predicted molar refractivity (Wildman–Crippen MR) is 111 cm³/mol. The summed E-state index contributed by atoms with van der Waals surface area (Å²) >= 11 is 0. The first kappa shape index (κ1) is 21.5. The fourth-order valence-electron chi connectivity index (χ4n) is 2.56. The Kier molecular flexibility index (Phi) is 9.42. The van der Waals surface area contributed by atoms with Crippen molar-refractivity contribution in [2.45, 2.75) is 26.3 Å². The van der Waals surface area contributed by atoms with Crippen LogP contribution in [0.2, 0.25) is 0 Å². The molecular formula is C21H36N4O2. The van der Waals surface area contributed by atoms with Gasteiger partial charge in [-0.3, -0.25) is 0 Å². The van der Waals surface area contributed by atoms with Crippen LogP contribution in [0.5, 0.6) is 5.75 Å². The Hall–Kier alpha value is -1.79. The van der Waals surface area contributed by atoms with Crippen LogP contribution in [0, 0.1) is 5.92 Å². The van der Waals surface area contributed by atoms with Crippen LogP contribution < -0.4 is 10.1 Å². The van der Waals surface area contributed by atoms with Gasteiger partial charge in [0.05, 0.1) is 13.2 Å². The van der Waals surface area contributed by atoms with Crippen molar-refractivity contribution in [3.63, 3.8) is 0 Å². The Morgan fingerprint density at radius 1 is 1.19 bits per heavy atom. The molecule has 6 nitrogen and oxygen atoms in total. The largest absolute Gasteiger partial charge is 0.492 e. The highest BCUT2D eigenvalue weighted by Crippen LogP contribution is 2.28. The lowest BCUT2D eigenvalue weighted by Crippen LogP contribution is -2.40. The summed E-state index contributed by atoms with van der Waals surface area (Å²) in [6.45, 7) is 7.64. The van der Waals surface area contributed by atoms with Crippen molar-refractivity contribution in [3.8, 4) is 5.75 Å². The SMILES string of the molecule is CCNC(=NCc1cccc(OCCN(C)C)c1)N(C)CCOCC1CC1. The molecular weight excluding hydrogens is 340 g/mol. The molecule has 27 heavy (non-hydrogen) atoms. The number of rotatable bonds is 12. The summed E-state index contributed by atoms with van der Waals surface area (Å²) in [7, 11) is 6.15.